The van der Waals surface area contributed by atoms with Gasteiger partial charge in [-0.25, -0.2) is 8.42 Å². The molecule has 1 aromatic carbocycles. The zero-order valence-corrected chi connectivity index (χ0v) is 14.5. The minimum Gasteiger partial charge on any atom is -0.454 e. The maximum Gasteiger partial charge on any atom is 0.231 e. The van der Waals surface area contributed by atoms with Gasteiger partial charge in [0.25, 0.3) is 0 Å². The molecule has 0 spiro atoms. The number of ether oxygens (including phenoxy) is 2. The molecule has 2 heterocycles. The molecule has 3 rings (SSSR count). The first-order chi connectivity index (χ1) is 11.4. The summed E-state index contributed by atoms with van der Waals surface area (Å²) in [4.78, 5) is 16.1. The number of benzene rings is 1. The zero-order valence-electron chi connectivity index (χ0n) is 13.7. The molecule has 1 fully saturated rings. The number of carbonyl (C=O) groups excluding carboxylic acids is 1. The lowest BCUT2D eigenvalue weighted by Crippen LogP contribution is -2.48. The van der Waals surface area contributed by atoms with E-state index >= 15 is 0 Å². The standard InChI is InChI=1S/C16H22N2O5S/c1-24(20,21)9-4-16(19)18-7-5-17(6-8-18)11-13-2-3-14-15(10-13)23-12-22-14/h2-3,10H,4-9,11-12H2,1H3. The number of carbonyl (C=O) groups is 1. The number of piperazine rings is 1. The number of nitrogens with zero attached hydrogens (tertiary/aromatic N) is 2. The molecule has 0 bridgehead atoms. The number of hydrogen-bond acceptors (Lipinski definition) is 6. The Morgan fingerprint density at radius 1 is 1.12 bits per heavy atom. The summed E-state index contributed by atoms with van der Waals surface area (Å²) in [6.07, 6.45) is 1.23. The van der Waals surface area contributed by atoms with E-state index in [1.807, 2.05) is 18.2 Å². The van der Waals surface area contributed by atoms with Crippen LogP contribution in [0.5, 0.6) is 11.5 Å². The second-order valence-corrected chi connectivity index (χ2v) is 8.48. The Morgan fingerprint density at radius 3 is 2.54 bits per heavy atom. The van der Waals surface area contributed by atoms with Crippen LogP contribution in [0.1, 0.15) is 12.0 Å². The molecule has 0 N–H and O–H groups in total. The van der Waals surface area contributed by atoms with Crippen LogP contribution in [-0.4, -0.2) is 69.1 Å². The molecule has 24 heavy (non-hydrogen) atoms. The minimum absolute atomic E-state index is 0.0704. The average molecular weight is 354 g/mol. The molecule has 2 aliphatic rings. The van der Waals surface area contributed by atoms with Crippen LogP contribution in [0.25, 0.3) is 0 Å². The Balaban J connectivity index is 1.47. The lowest BCUT2D eigenvalue weighted by Gasteiger charge is -2.34. The third-order valence-corrected chi connectivity index (χ3v) is 5.20. The van der Waals surface area contributed by atoms with Gasteiger partial charge in [-0.15, -0.1) is 0 Å². The number of hydrogen-bond donors (Lipinski definition) is 0. The first kappa shape index (κ1) is 17.0. The average Bonchev–Trinajstić information content (AvgIpc) is 3.00. The Kier molecular flexibility index (Phi) is 4.96. The molecule has 8 heteroatoms. The first-order valence-electron chi connectivity index (χ1n) is 7.97. The molecule has 0 unspecified atom stereocenters. The SMILES string of the molecule is CS(=O)(=O)CCC(=O)N1CCN(Cc2ccc3c(c2)OCO3)CC1. The molecular weight excluding hydrogens is 332 g/mol. The van der Waals surface area contributed by atoms with Crippen LogP contribution >= 0.6 is 0 Å². The summed E-state index contributed by atoms with van der Waals surface area (Å²) in [5, 5.41) is 0. The largest absolute Gasteiger partial charge is 0.454 e. The Morgan fingerprint density at radius 2 is 1.83 bits per heavy atom. The summed E-state index contributed by atoms with van der Waals surface area (Å²) >= 11 is 0. The van der Waals surface area contributed by atoms with Gasteiger partial charge < -0.3 is 14.4 Å². The highest BCUT2D eigenvalue weighted by Gasteiger charge is 2.22. The van der Waals surface area contributed by atoms with Gasteiger partial charge in [-0.1, -0.05) is 6.07 Å². The fourth-order valence-corrected chi connectivity index (χ4v) is 3.43. The van der Waals surface area contributed by atoms with Crippen molar-refractivity contribution in [2.24, 2.45) is 0 Å². The second-order valence-electron chi connectivity index (χ2n) is 6.22. The molecular formula is C16H22N2O5S. The highest BCUT2D eigenvalue weighted by atomic mass is 32.2. The molecule has 0 radical (unpaired) electrons. The van der Waals surface area contributed by atoms with Crippen molar-refractivity contribution in [3.63, 3.8) is 0 Å². The van der Waals surface area contributed by atoms with Gasteiger partial charge in [-0.3, -0.25) is 9.69 Å². The fourth-order valence-electron chi connectivity index (χ4n) is 2.88. The van der Waals surface area contributed by atoms with E-state index in [2.05, 4.69) is 4.90 Å². The zero-order chi connectivity index (χ0) is 17.2. The van der Waals surface area contributed by atoms with E-state index in [4.69, 9.17) is 9.47 Å². The van der Waals surface area contributed by atoms with Gasteiger partial charge in [0.15, 0.2) is 11.5 Å². The molecule has 0 atom stereocenters. The van der Waals surface area contributed by atoms with Crippen molar-refractivity contribution in [1.82, 2.24) is 9.80 Å². The fraction of sp³-hybridized carbons (Fsp3) is 0.562. The number of rotatable bonds is 5. The van der Waals surface area contributed by atoms with Crippen molar-refractivity contribution in [2.45, 2.75) is 13.0 Å². The van der Waals surface area contributed by atoms with E-state index in [0.29, 0.717) is 13.1 Å². The predicted octanol–water partition coefficient (Wildman–Crippen LogP) is 0.494. The van der Waals surface area contributed by atoms with Crippen molar-refractivity contribution in [3.05, 3.63) is 23.8 Å². The second kappa shape index (κ2) is 6.98. The summed E-state index contributed by atoms with van der Waals surface area (Å²) < 4.78 is 33.0. The Labute approximate surface area is 142 Å². The predicted molar refractivity (Wildman–Crippen MR) is 88.7 cm³/mol. The van der Waals surface area contributed by atoms with Crippen molar-refractivity contribution < 1.29 is 22.7 Å². The first-order valence-corrected chi connectivity index (χ1v) is 10.0. The Bertz CT molecular complexity index is 711. The van der Waals surface area contributed by atoms with E-state index in [1.54, 1.807) is 4.90 Å². The number of fused-ring (bicyclic) bond motifs is 1. The van der Waals surface area contributed by atoms with Gasteiger partial charge in [0.05, 0.1) is 5.75 Å². The van der Waals surface area contributed by atoms with Crippen molar-refractivity contribution in [2.75, 3.05) is 45.0 Å². The van der Waals surface area contributed by atoms with Gasteiger partial charge in [-0.2, -0.15) is 0 Å². The molecule has 0 aliphatic carbocycles. The Hall–Kier alpha value is -1.80. The van der Waals surface area contributed by atoms with Crippen molar-refractivity contribution in [3.8, 4) is 11.5 Å². The molecule has 0 saturated carbocycles. The van der Waals surface area contributed by atoms with E-state index < -0.39 is 9.84 Å². The van der Waals surface area contributed by atoms with Crippen LogP contribution in [0.2, 0.25) is 0 Å². The quantitative estimate of drug-likeness (QED) is 0.766. The molecule has 1 saturated heterocycles. The van der Waals surface area contributed by atoms with Crippen LogP contribution in [0, 0.1) is 0 Å². The lowest BCUT2D eigenvalue weighted by atomic mass is 10.1. The van der Waals surface area contributed by atoms with Crippen LogP contribution < -0.4 is 9.47 Å². The van der Waals surface area contributed by atoms with E-state index in [1.165, 1.54) is 0 Å². The third-order valence-electron chi connectivity index (χ3n) is 4.25. The third kappa shape index (κ3) is 4.39. The highest BCUT2D eigenvalue weighted by molar-refractivity contribution is 7.90. The number of sulfone groups is 1. The summed E-state index contributed by atoms with van der Waals surface area (Å²) in [5.74, 6) is 1.40. The van der Waals surface area contributed by atoms with Gasteiger partial charge in [0, 0.05) is 45.4 Å². The maximum absolute atomic E-state index is 12.1. The molecule has 2 aliphatic heterocycles. The van der Waals surface area contributed by atoms with Crippen LogP contribution in [0.15, 0.2) is 18.2 Å². The van der Waals surface area contributed by atoms with Gasteiger partial charge in [-0.05, 0) is 17.7 Å². The van der Waals surface area contributed by atoms with Crippen LogP contribution in [0.4, 0.5) is 0 Å². The van der Waals surface area contributed by atoms with E-state index in [-0.39, 0.29) is 24.9 Å². The molecule has 132 valence electrons. The normalized spacial score (nSPS) is 18.0. The monoisotopic (exact) mass is 354 g/mol. The van der Waals surface area contributed by atoms with Crippen molar-refractivity contribution >= 4 is 15.7 Å². The molecule has 7 nitrogen and oxygen atoms in total. The molecule has 0 aromatic heterocycles. The highest BCUT2D eigenvalue weighted by Crippen LogP contribution is 2.32. The summed E-state index contributed by atoms with van der Waals surface area (Å²) in [5.41, 5.74) is 1.15. The summed E-state index contributed by atoms with van der Waals surface area (Å²) in [6.45, 7) is 3.88. The smallest absolute Gasteiger partial charge is 0.231 e. The maximum atomic E-state index is 12.1. The van der Waals surface area contributed by atoms with Crippen LogP contribution in [-0.2, 0) is 21.2 Å². The summed E-state index contributed by atoms with van der Waals surface area (Å²) in [6, 6.07) is 5.94. The lowest BCUT2D eigenvalue weighted by molar-refractivity contribution is -0.132. The summed E-state index contributed by atoms with van der Waals surface area (Å²) in [7, 11) is -3.09. The van der Waals surface area contributed by atoms with Crippen LogP contribution in [0.3, 0.4) is 0 Å². The number of amides is 1. The van der Waals surface area contributed by atoms with Gasteiger partial charge in [0.1, 0.15) is 9.84 Å². The van der Waals surface area contributed by atoms with E-state index in [9.17, 15) is 13.2 Å². The van der Waals surface area contributed by atoms with Gasteiger partial charge in [0.2, 0.25) is 12.7 Å². The van der Waals surface area contributed by atoms with Gasteiger partial charge >= 0.3 is 0 Å². The molecule has 1 aromatic rings. The molecule has 1 amide bonds. The van der Waals surface area contributed by atoms with E-state index in [0.717, 1.165) is 43.0 Å². The van der Waals surface area contributed by atoms with Crippen molar-refractivity contribution in [1.29, 1.82) is 0 Å². The topological polar surface area (TPSA) is 76.2 Å². The minimum atomic E-state index is -3.09.